The molecule has 0 radical (unpaired) electrons. The molecule has 1 heterocycles. The van der Waals surface area contributed by atoms with Crippen molar-refractivity contribution in [1.82, 2.24) is 10.1 Å². The van der Waals surface area contributed by atoms with E-state index >= 15 is 0 Å². The first-order valence-electron chi connectivity index (χ1n) is 8.64. The SMILES string of the molecule is CCCC(C)(N)c1nc(C23CC4CC(CC(C4)C2)C3)no1. The Labute approximate surface area is 126 Å². The normalized spacial score (nSPS) is 40.4. The summed E-state index contributed by atoms with van der Waals surface area (Å²) >= 11 is 0. The van der Waals surface area contributed by atoms with E-state index in [0.29, 0.717) is 5.89 Å². The fourth-order valence-electron chi connectivity index (χ4n) is 5.68. The van der Waals surface area contributed by atoms with E-state index in [2.05, 4.69) is 12.1 Å². The molecule has 4 bridgehead atoms. The van der Waals surface area contributed by atoms with Crippen molar-refractivity contribution < 1.29 is 4.52 Å². The number of nitrogens with two attached hydrogens (primary N) is 1. The molecular weight excluding hydrogens is 262 g/mol. The van der Waals surface area contributed by atoms with Crippen molar-refractivity contribution in [2.75, 3.05) is 0 Å². The molecule has 0 saturated heterocycles. The third-order valence-electron chi connectivity index (χ3n) is 6.20. The molecule has 0 aliphatic heterocycles. The van der Waals surface area contributed by atoms with Gasteiger partial charge < -0.3 is 10.3 Å². The third-order valence-corrected chi connectivity index (χ3v) is 6.20. The minimum absolute atomic E-state index is 0.207. The Morgan fingerprint density at radius 2 is 1.76 bits per heavy atom. The van der Waals surface area contributed by atoms with Gasteiger partial charge in [-0.2, -0.15) is 4.98 Å². The maximum absolute atomic E-state index is 6.36. The fraction of sp³-hybridized carbons (Fsp3) is 0.882. The summed E-state index contributed by atoms with van der Waals surface area (Å²) in [4.78, 5) is 4.79. The summed E-state index contributed by atoms with van der Waals surface area (Å²) < 4.78 is 5.59. The molecule has 0 spiro atoms. The molecule has 4 saturated carbocycles. The number of hydrogen-bond acceptors (Lipinski definition) is 4. The van der Waals surface area contributed by atoms with Crippen LogP contribution in [-0.4, -0.2) is 10.1 Å². The van der Waals surface area contributed by atoms with Crippen molar-refractivity contribution in [1.29, 1.82) is 0 Å². The largest absolute Gasteiger partial charge is 0.337 e. The Morgan fingerprint density at radius 3 is 2.29 bits per heavy atom. The lowest BCUT2D eigenvalue weighted by Crippen LogP contribution is -2.49. The number of hydrogen-bond donors (Lipinski definition) is 1. The molecule has 2 N–H and O–H groups in total. The highest BCUT2D eigenvalue weighted by atomic mass is 16.5. The third kappa shape index (κ3) is 2.14. The Hall–Kier alpha value is -0.900. The minimum atomic E-state index is -0.484. The van der Waals surface area contributed by atoms with E-state index in [1.807, 2.05) is 6.92 Å². The van der Waals surface area contributed by atoms with Crippen molar-refractivity contribution in [3.8, 4) is 0 Å². The fourth-order valence-corrected chi connectivity index (χ4v) is 5.68. The van der Waals surface area contributed by atoms with Crippen LogP contribution in [0.5, 0.6) is 0 Å². The molecule has 4 aliphatic carbocycles. The average Bonchev–Trinajstić information content (AvgIpc) is 2.87. The van der Waals surface area contributed by atoms with E-state index in [0.717, 1.165) is 36.4 Å². The molecule has 1 aromatic heterocycles. The summed E-state index contributed by atoms with van der Waals surface area (Å²) in [6.07, 6.45) is 10.0. The average molecular weight is 289 g/mol. The van der Waals surface area contributed by atoms with Gasteiger partial charge in [0.05, 0.1) is 5.54 Å². The summed E-state index contributed by atoms with van der Waals surface area (Å²) in [5, 5.41) is 4.39. The Bertz CT molecular complexity index is 499. The van der Waals surface area contributed by atoms with Gasteiger partial charge in [0.25, 0.3) is 0 Å². The van der Waals surface area contributed by atoms with Gasteiger partial charge in [-0.15, -0.1) is 0 Å². The van der Waals surface area contributed by atoms with Crippen LogP contribution >= 0.6 is 0 Å². The van der Waals surface area contributed by atoms with Crippen LogP contribution < -0.4 is 5.73 Å². The predicted octanol–water partition coefficient (Wildman–Crippen LogP) is 3.51. The molecule has 4 nitrogen and oxygen atoms in total. The predicted molar refractivity (Wildman–Crippen MR) is 80.6 cm³/mol. The highest BCUT2D eigenvalue weighted by molar-refractivity contribution is 5.17. The Balaban J connectivity index is 1.64. The Kier molecular flexibility index (Phi) is 2.97. The van der Waals surface area contributed by atoms with Crippen LogP contribution in [0.15, 0.2) is 4.52 Å². The van der Waals surface area contributed by atoms with Crippen LogP contribution in [0.25, 0.3) is 0 Å². The quantitative estimate of drug-likeness (QED) is 0.921. The maximum atomic E-state index is 6.36. The van der Waals surface area contributed by atoms with Gasteiger partial charge in [-0.1, -0.05) is 18.5 Å². The molecule has 116 valence electrons. The molecule has 4 heteroatoms. The molecule has 0 aromatic carbocycles. The monoisotopic (exact) mass is 289 g/mol. The molecular formula is C17H27N3O. The van der Waals surface area contributed by atoms with Crippen molar-refractivity contribution >= 4 is 0 Å². The lowest BCUT2D eigenvalue weighted by molar-refractivity contribution is -0.0103. The van der Waals surface area contributed by atoms with E-state index in [9.17, 15) is 0 Å². The van der Waals surface area contributed by atoms with Gasteiger partial charge in [0.1, 0.15) is 0 Å². The maximum Gasteiger partial charge on any atom is 0.246 e. The van der Waals surface area contributed by atoms with Gasteiger partial charge in [-0.05, 0) is 69.6 Å². The van der Waals surface area contributed by atoms with Crippen LogP contribution in [0.3, 0.4) is 0 Å². The van der Waals surface area contributed by atoms with Crippen LogP contribution in [-0.2, 0) is 11.0 Å². The van der Waals surface area contributed by atoms with Crippen molar-refractivity contribution in [3.63, 3.8) is 0 Å². The molecule has 5 rings (SSSR count). The van der Waals surface area contributed by atoms with Crippen LogP contribution in [0.1, 0.15) is 76.9 Å². The number of rotatable bonds is 4. The molecule has 1 atom stereocenters. The lowest BCUT2D eigenvalue weighted by atomic mass is 9.49. The van der Waals surface area contributed by atoms with E-state index in [1.54, 1.807) is 0 Å². The van der Waals surface area contributed by atoms with Crippen LogP contribution in [0.4, 0.5) is 0 Å². The molecule has 21 heavy (non-hydrogen) atoms. The topological polar surface area (TPSA) is 64.9 Å². The zero-order valence-corrected chi connectivity index (χ0v) is 13.3. The highest BCUT2D eigenvalue weighted by Crippen LogP contribution is 2.60. The second kappa shape index (κ2) is 4.55. The number of aromatic nitrogens is 2. The van der Waals surface area contributed by atoms with Gasteiger partial charge >= 0.3 is 0 Å². The van der Waals surface area contributed by atoms with E-state index in [-0.39, 0.29) is 5.41 Å². The summed E-state index contributed by atoms with van der Waals surface area (Å²) in [6, 6.07) is 0. The smallest absolute Gasteiger partial charge is 0.246 e. The molecule has 1 aromatic rings. The van der Waals surface area contributed by atoms with E-state index in [1.165, 1.54) is 38.5 Å². The van der Waals surface area contributed by atoms with E-state index < -0.39 is 5.54 Å². The van der Waals surface area contributed by atoms with Crippen LogP contribution in [0.2, 0.25) is 0 Å². The summed E-state index contributed by atoms with van der Waals surface area (Å²) in [6.45, 7) is 4.15. The molecule has 4 aliphatic rings. The second-order valence-corrected chi connectivity index (χ2v) is 8.29. The van der Waals surface area contributed by atoms with Gasteiger partial charge in [0, 0.05) is 5.41 Å². The highest BCUT2D eigenvalue weighted by Gasteiger charge is 2.54. The summed E-state index contributed by atoms with van der Waals surface area (Å²) in [5.41, 5.74) is 6.08. The minimum Gasteiger partial charge on any atom is -0.337 e. The summed E-state index contributed by atoms with van der Waals surface area (Å²) in [5.74, 6) is 4.30. The van der Waals surface area contributed by atoms with Crippen molar-refractivity contribution in [2.24, 2.45) is 23.5 Å². The van der Waals surface area contributed by atoms with Gasteiger partial charge in [-0.3, -0.25) is 0 Å². The van der Waals surface area contributed by atoms with Gasteiger partial charge in [-0.25, -0.2) is 0 Å². The zero-order valence-electron chi connectivity index (χ0n) is 13.3. The van der Waals surface area contributed by atoms with Crippen molar-refractivity contribution in [2.45, 2.75) is 76.2 Å². The first-order valence-corrected chi connectivity index (χ1v) is 8.64. The lowest BCUT2D eigenvalue weighted by Gasteiger charge is -2.55. The van der Waals surface area contributed by atoms with Crippen LogP contribution in [0, 0.1) is 17.8 Å². The standard InChI is InChI=1S/C17H27N3O/c1-3-4-16(2,18)15-19-14(20-21-15)17-8-11-5-12(9-17)7-13(6-11)10-17/h11-13H,3-10,18H2,1-2H3. The zero-order chi connectivity index (χ0) is 14.7. The first kappa shape index (κ1) is 13.7. The summed E-state index contributed by atoms with van der Waals surface area (Å²) in [7, 11) is 0. The van der Waals surface area contributed by atoms with E-state index in [4.69, 9.17) is 15.2 Å². The molecule has 1 unspecified atom stereocenters. The molecule has 0 amide bonds. The number of nitrogens with zero attached hydrogens (tertiary/aromatic N) is 2. The van der Waals surface area contributed by atoms with Gasteiger partial charge in [0.2, 0.25) is 5.89 Å². The second-order valence-electron chi connectivity index (χ2n) is 8.29. The van der Waals surface area contributed by atoms with Crippen molar-refractivity contribution in [3.05, 3.63) is 11.7 Å². The Morgan fingerprint density at radius 1 is 1.19 bits per heavy atom. The van der Waals surface area contributed by atoms with Gasteiger partial charge in [0.15, 0.2) is 5.82 Å². The first-order chi connectivity index (χ1) is 10.0. The molecule has 4 fully saturated rings.